The van der Waals surface area contributed by atoms with Crippen LogP contribution in [0, 0.1) is 0 Å². The molecule has 0 saturated heterocycles. The predicted octanol–water partition coefficient (Wildman–Crippen LogP) is 11.2. The van der Waals surface area contributed by atoms with Gasteiger partial charge in [0, 0.05) is 29.8 Å². The molecule has 2 aromatic carbocycles. The van der Waals surface area contributed by atoms with Gasteiger partial charge in [0.15, 0.2) is 0 Å². The van der Waals surface area contributed by atoms with Gasteiger partial charge in [-0.05, 0) is 37.8 Å². The van der Waals surface area contributed by atoms with E-state index in [1.165, 1.54) is 107 Å². The highest BCUT2D eigenvalue weighted by Gasteiger charge is 2.39. The second-order valence-corrected chi connectivity index (χ2v) is 12.3. The van der Waals surface area contributed by atoms with Crippen molar-refractivity contribution in [1.82, 2.24) is 9.55 Å². The molecule has 3 aromatic rings. The maximum absolute atomic E-state index is 5.01. The van der Waals surface area contributed by atoms with Crippen LogP contribution in [0.2, 0.25) is 0 Å². The number of imidazole rings is 1. The fraction of sp³-hybridized carbons (Fsp3) is 0.595. The Kier molecular flexibility index (Phi) is 13.9. The first kappa shape index (κ1) is 31.2. The molecule has 1 heterocycles. The summed E-state index contributed by atoms with van der Waals surface area (Å²) in [7, 11) is 0. The van der Waals surface area contributed by atoms with Crippen LogP contribution in [0.5, 0.6) is 0 Å². The van der Waals surface area contributed by atoms with Crippen LogP contribution < -0.4 is 0 Å². The lowest BCUT2D eigenvalue weighted by Gasteiger charge is -2.39. The quantitative estimate of drug-likeness (QED) is 0.133. The summed E-state index contributed by atoms with van der Waals surface area (Å²) in [5, 5.41) is 0. The van der Waals surface area contributed by atoms with E-state index in [2.05, 4.69) is 99.1 Å². The molecule has 3 rings (SSSR count). The average molecular weight is 529 g/mol. The van der Waals surface area contributed by atoms with Crippen molar-refractivity contribution < 1.29 is 0 Å². The Morgan fingerprint density at radius 2 is 1.21 bits per heavy atom. The van der Waals surface area contributed by atoms with Crippen LogP contribution in [0.1, 0.15) is 146 Å². The zero-order valence-corrected chi connectivity index (χ0v) is 25.6. The molecule has 0 spiro atoms. The van der Waals surface area contributed by atoms with Crippen molar-refractivity contribution in [1.29, 1.82) is 0 Å². The molecule has 214 valence electrons. The lowest BCUT2D eigenvalue weighted by atomic mass is 9.66. The molecular weight excluding hydrogens is 472 g/mol. The van der Waals surface area contributed by atoms with Crippen molar-refractivity contribution in [2.75, 3.05) is 0 Å². The van der Waals surface area contributed by atoms with Crippen molar-refractivity contribution in [3.8, 4) is 0 Å². The highest BCUT2D eigenvalue weighted by Crippen LogP contribution is 2.44. The van der Waals surface area contributed by atoms with E-state index < -0.39 is 0 Å². The molecule has 2 unspecified atom stereocenters. The molecule has 0 bridgehead atoms. The van der Waals surface area contributed by atoms with Crippen LogP contribution in [-0.4, -0.2) is 9.55 Å². The minimum absolute atomic E-state index is 0.0300. The van der Waals surface area contributed by atoms with E-state index in [9.17, 15) is 0 Å². The van der Waals surface area contributed by atoms with E-state index >= 15 is 0 Å². The van der Waals surface area contributed by atoms with E-state index in [1.807, 2.05) is 6.20 Å². The minimum Gasteiger partial charge on any atom is -0.332 e. The zero-order valence-electron chi connectivity index (χ0n) is 25.6. The molecule has 0 fully saturated rings. The highest BCUT2D eigenvalue weighted by atomic mass is 15.1. The summed E-state index contributed by atoms with van der Waals surface area (Å²) in [5.41, 5.74) is 2.80. The second-order valence-electron chi connectivity index (χ2n) is 12.3. The van der Waals surface area contributed by atoms with Gasteiger partial charge in [0.2, 0.25) is 0 Å². The molecule has 1 aromatic heterocycles. The predicted molar refractivity (Wildman–Crippen MR) is 170 cm³/mol. The molecule has 39 heavy (non-hydrogen) atoms. The van der Waals surface area contributed by atoms with Crippen LogP contribution in [0.15, 0.2) is 73.1 Å². The third kappa shape index (κ3) is 9.96. The maximum Gasteiger partial charge on any atom is 0.112 e. The normalized spacial score (nSPS) is 14.0. The standard InChI is InChI=1S/C37H56N2/c1-5-6-7-8-9-10-11-12-13-14-15-16-23-28-35(36-38-29-30-39(36)32(2)3)37(4,34-26-21-18-22-27-34)31-33-24-19-17-20-25-33/h17-22,24-27,29-30,32,35H,5-16,23,28,31H2,1-4H3. The Balaban J connectivity index is 1.62. The highest BCUT2D eigenvalue weighted by molar-refractivity contribution is 5.33. The van der Waals surface area contributed by atoms with Gasteiger partial charge in [-0.1, -0.05) is 158 Å². The molecule has 2 nitrogen and oxygen atoms in total. The molecule has 0 amide bonds. The van der Waals surface area contributed by atoms with Crippen LogP contribution in [0.4, 0.5) is 0 Å². The maximum atomic E-state index is 5.01. The fourth-order valence-electron chi connectivity index (χ4n) is 6.40. The molecule has 0 N–H and O–H groups in total. The molecule has 0 aliphatic rings. The Labute approximate surface area is 240 Å². The Morgan fingerprint density at radius 3 is 1.74 bits per heavy atom. The summed E-state index contributed by atoms with van der Waals surface area (Å²) in [6.45, 7) is 9.35. The summed E-state index contributed by atoms with van der Waals surface area (Å²) in [6, 6.07) is 22.7. The van der Waals surface area contributed by atoms with Crippen molar-refractivity contribution >= 4 is 0 Å². The second kappa shape index (κ2) is 17.4. The van der Waals surface area contributed by atoms with Crippen molar-refractivity contribution in [2.45, 2.75) is 141 Å². The van der Waals surface area contributed by atoms with Gasteiger partial charge in [0.25, 0.3) is 0 Å². The molecule has 0 saturated carbocycles. The van der Waals surface area contributed by atoms with E-state index in [-0.39, 0.29) is 5.41 Å². The van der Waals surface area contributed by atoms with Crippen LogP contribution >= 0.6 is 0 Å². The van der Waals surface area contributed by atoms with Gasteiger partial charge >= 0.3 is 0 Å². The zero-order chi connectivity index (χ0) is 27.8. The smallest absolute Gasteiger partial charge is 0.112 e. The third-order valence-corrected chi connectivity index (χ3v) is 8.78. The number of hydrogen-bond donors (Lipinski definition) is 0. The van der Waals surface area contributed by atoms with E-state index in [0.29, 0.717) is 12.0 Å². The third-order valence-electron chi connectivity index (χ3n) is 8.78. The number of nitrogens with zero attached hydrogens (tertiary/aromatic N) is 2. The molecule has 0 aliphatic heterocycles. The molecular formula is C37H56N2. The SMILES string of the molecule is CCCCCCCCCCCCCCCC(c1nccn1C(C)C)C(C)(Cc1ccccc1)c1ccccc1. The number of benzene rings is 2. The molecule has 2 atom stereocenters. The van der Waals surface area contributed by atoms with Crippen molar-refractivity contribution in [2.24, 2.45) is 0 Å². The Morgan fingerprint density at radius 1 is 0.692 bits per heavy atom. The Hall–Kier alpha value is -2.35. The summed E-state index contributed by atoms with van der Waals surface area (Å²) in [5.74, 6) is 1.62. The average Bonchev–Trinajstić information content (AvgIpc) is 3.44. The van der Waals surface area contributed by atoms with Gasteiger partial charge in [0.1, 0.15) is 5.82 Å². The summed E-state index contributed by atoms with van der Waals surface area (Å²) in [4.78, 5) is 5.01. The van der Waals surface area contributed by atoms with E-state index in [4.69, 9.17) is 4.98 Å². The van der Waals surface area contributed by atoms with Gasteiger partial charge in [0.05, 0.1) is 0 Å². The summed E-state index contributed by atoms with van der Waals surface area (Å²) >= 11 is 0. The van der Waals surface area contributed by atoms with Gasteiger partial charge in [-0.15, -0.1) is 0 Å². The summed E-state index contributed by atoms with van der Waals surface area (Å²) in [6.07, 6.45) is 24.5. The lowest BCUT2D eigenvalue weighted by molar-refractivity contribution is 0.318. The largest absolute Gasteiger partial charge is 0.332 e. The van der Waals surface area contributed by atoms with Gasteiger partial charge in [-0.2, -0.15) is 0 Å². The first-order valence-corrected chi connectivity index (χ1v) is 16.2. The molecule has 0 radical (unpaired) electrons. The van der Waals surface area contributed by atoms with Gasteiger partial charge in [-0.25, -0.2) is 4.98 Å². The van der Waals surface area contributed by atoms with Crippen molar-refractivity contribution in [3.05, 3.63) is 90.0 Å². The summed E-state index contributed by atoms with van der Waals surface area (Å²) < 4.78 is 2.42. The first-order valence-electron chi connectivity index (χ1n) is 16.2. The first-order chi connectivity index (χ1) is 19.1. The van der Waals surface area contributed by atoms with Crippen LogP contribution in [0.3, 0.4) is 0 Å². The van der Waals surface area contributed by atoms with E-state index in [0.717, 1.165) is 6.42 Å². The fourth-order valence-corrected chi connectivity index (χ4v) is 6.40. The van der Waals surface area contributed by atoms with E-state index in [1.54, 1.807) is 0 Å². The number of hydrogen-bond acceptors (Lipinski definition) is 1. The van der Waals surface area contributed by atoms with Crippen molar-refractivity contribution in [3.63, 3.8) is 0 Å². The van der Waals surface area contributed by atoms with Gasteiger partial charge < -0.3 is 4.57 Å². The minimum atomic E-state index is -0.0300. The monoisotopic (exact) mass is 528 g/mol. The topological polar surface area (TPSA) is 17.8 Å². The molecule has 0 aliphatic carbocycles. The number of aromatic nitrogens is 2. The van der Waals surface area contributed by atoms with Crippen LogP contribution in [0.25, 0.3) is 0 Å². The number of unbranched alkanes of at least 4 members (excludes halogenated alkanes) is 12. The lowest BCUT2D eigenvalue weighted by Crippen LogP contribution is -2.35. The Bertz CT molecular complexity index is 1010. The van der Waals surface area contributed by atoms with Gasteiger partial charge in [-0.3, -0.25) is 0 Å². The molecule has 2 heteroatoms. The number of rotatable bonds is 20. The van der Waals surface area contributed by atoms with Crippen LogP contribution in [-0.2, 0) is 11.8 Å².